The van der Waals surface area contributed by atoms with E-state index in [2.05, 4.69) is 4.90 Å². The molecule has 3 fully saturated rings. The first-order valence-corrected chi connectivity index (χ1v) is 12.2. The zero-order valence-electron chi connectivity index (χ0n) is 19.8. The van der Waals surface area contributed by atoms with Gasteiger partial charge in [-0.25, -0.2) is 4.79 Å². The number of carbonyl (C=O) groups is 2. The van der Waals surface area contributed by atoms with Crippen LogP contribution in [0.3, 0.4) is 0 Å². The van der Waals surface area contributed by atoms with Gasteiger partial charge in [0.1, 0.15) is 18.2 Å². The molecule has 3 aliphatic rings. The summed E-state index contributed by atoms with van der Waals surface area (Å²) in [5.74, 6) is 0.289. The third-order valence-electron chi connectivity index (χ3n) is 7.10. The Morgan fingerprint density at radius 2 is 1.75 bits per heavy atom. The van der Waals surface area contributed by atoms with Crippen molar-refractivity contribution in [2.45, 2.75) is 77.5 Å². The molecule has 1 aromatic carbocycles. The van der Waals surface area contributed by atoms with Gasteiger partial charge in [0.25, 0.3) is 0 Å². The second kappa shape index (κ2) is 9.42. The quantitative estimate of drug-likeness (QED) is 0.623. The predicted octanol–water partition coefficient (Wildman–Crippen LogP) is 4.62. The molecule has 2 aliphatic heterocycles. The number of amides is 1. The van der Waals surface area contributed by atoms with E-state index in [9.17, 15) is 9.59 Å². The summed E-state index contributed by atoms with van der Waals surface area (Å²) in [7, 11) is 0. The average molecular weight is 443 g/mol. The van der Waals surface area contributed by atoms with E-state index in [1.807, 2.05) is 56.0 Å². The third-order valence-corrected chi connectivity index (χ3v) is 7.10. The maximum atomic E-state index is 13.3. The summed E-state index contributed by atoms with van der Waals surface area (Å²) < 4.78 is 11.4. The van der Waals surface area contributed by atoms with Crippen LogP contribution in [0, 0.1) is 11.3 Å². The number of carbonyl (C=O) groups excluding carboxylic acids is 2. The van der Waals surface area contributed by atoms with E-state index in [1.165, 1.54) is 12.8 Å². The Morgan fingerprint density at radius 1 is 1.06 bits per heavy atom. The number of hydrogen-bond acceptors (Lipinski definition) is 5. The lowest BCUT2D eigenvalue weighted by molar-refractivity contribution is -0.157. The van der Waals surface area contributed by atoms with Gasteiger partial charge in [-0.2, -0.15) is 0 Å². The minimum absolute atomic E-state index is 0.0751. The molecule has 0 aromatic heterocycles. The van der Waals surface area contributed by atoms with E-state index in [0.29, 0.717) is 12.5 Å². The van der Waals surface area contributed by atoms with Crippen molar-refractivity contribution in [2.75, 3.05) is 26.2 Å². The summed E-state index contributed by atoms with van der Waals surface area (Å²) >= 11 is 0. The van der Waals surface area contributed by atoms with Crippen molar-refractivity contribution in [1.82, 2.24) is 9.80 Å². The van der Waals surface area contributed by atoms with E-state index in [-0.39, 0.29) is 23.5 Å². The first kappa shape index (κ1) is 23.1. The lowest BCUT2D eigenvalue weighted by Crippen LogP contribution is -2.66. The Kier molecular flexibility index (Phi) is 6.80. The van der Waals surface area contributed by atoms with Crippen molar-refractivity contribution in [3.05, 3.63) is 35.9 Å². The molecule has 6 nitrogen and oxygen atoms in total. The van der Waals surface area contributed by atoms with Gasteiger partial charge in [0, 0.05) is 25.0 Å². The van der Waals surface area contributed by atoms with E-state index in [4.69, 9.17) is 9.47 Å². The Hall–Kier alpha value is -2.08. The van der Waals surface area contributed by atoms with Gasteiger partial charge in [0.2, 0.25) is 0 Å². The molecule has 4 rings (SSSR count). The molecule has 2 saturated heterocycles. The fourth-order valence-electron chi connectivity index (χ4n) is 5.69. The third kappa shape index (κ3) is 5.45. The van der Waals surface area contributed by atoms with Crippen LogP contribution in [-0.4, -0.2) is 59.7 Å². The molecule has 2 heterocycles. The molecule has 1 aliphatic carbocycles. The average Bonchev–Trinajstić information content (AvgIpc) is 3.24. The van der Waals surface area contributed by atoms with Gasteiger partial charge in [0.15, 0.2) is 0 Å². The fraction of sp³-hybridized carbons (Fsp3) is 0.692. The maximum absolute atomic E-state index is 13.3. The maximum Gasteiger partial charge on any atom is 0.410 e. The number of ether oxygens (including phenoxy) is 2. The van der Waals surface area contributed by atoms with Gasteiger partial charge in [-0.3, -0.25) is 9.69 Å². The molecule has 1 aromatic rings. The Labute approximate surface area is 192 Å². The molecule has 1 saturated carbocycles. The van der Waals surface area contributed by atoms with Crippen molar-refractivity contribution >= 4 is 12.1 Å². The lowest BCUT2D eigenvalue weighted by atomic mass is 9.72. The van der Waals surface area contributed by atoms with Gasteiger partial charge >= 0.3 is 12.1 Å². The number of esters is 1. The number of hydrogen-bond donors (Lipinski definition) is 0. The standard InChI is InChI=1S/C26H38N2O4/c1-25(2,3)32-24(30)28-18-26(19-28)14-9-15-27(17-26)22(21-12-7-8-13-21)23(29)31-16-20-10-5-4-6-11-20/h4-6,10-11,21-22H,7-9,12-19H2,1-3H3/t22-/m0/s1. The summed E-state index contributed by atoms with van der Waals surface area (Å²) in [4.78, 5) is 29.9. The molecule has 6 heteroatoms. The number of piperidine rings is 1. The highest BCUT2D eigenvalue weighted by atomic mass is 16.6. The molecule has 0 bridgehead atoms. The highest BCUT2D eigenvalue weighted by Crippen LogP contribution is 2.42. The van der Waals surface area contributed by atoms with Crippen LogP contribution in [0.1, 0.15) is 64.9 Å². The van der Waals surface area contributed by atoms with Gasteiger partial charge in [-0.05, 0) is 64.5 Å². The van der Waals surface area contributed by atoms with Crippen molar-refractivity contribution < 1.29 is 19.1 Å². The molecule has 32 heavy (non-hydrogen) atoms. The van der Waals surface area contributed by atoms with Crippen LogP contribution >= 0.6 is 0 Å². The summed E-state index contributed by atoms with van der Waals surface area (Å²) in [6, 6.07) is 9.73. The first-order valence-electron chi connectivity index (χ1n) is 12.2. The Bertz CT molecular complexity index is 792. The van der Waals surface area contributed by atoms with Crippen LogP contribution in [0.15, 0.2) is 30.3 Å². The predicted molar refractivity (Wildman–Crippen MR) is 123 cm³/mol. The summed E-state index contributed by atoms with van der Waals surface area (Å²) in [5.41, 5.74) is 0.619. The molecule has 176 valence electrons. The number of likely N-dealkylation sites (tertiary alicyclic amines) is 2. The van der Waals surface area contributed by atoms with Crippen molar-refractivity contribution in [1.29, 1.82) is 0 Å². The minimum atomic E-state index is -0.478. The number of rotatable bonds is 5. The summed E-state index contributed by atoms with van der Waals surface area (Å²) in [5, 5.41) is 0. The van der Waals surface area contributed by atoms with Crippen LogP contribution in [0.25, 0.3) is 0 Å². The van der Waals surface area contributed by atoms with E-state index >= 15 is 0 Å². The van der Waals surface area contributed by atoms with Crippen LogP contribution in [0.5, 0.6) is 0 Å². The highest BCUT2D eigenvalue weighted by molar-refractivity contribution is 5.76. The zero-order chi connectivity index (χ0) is 22.8. The highest BCUT2D eigenvalue weighted by Gasteiger charge is 2.51. The van der Waals surface area contributed by atoms with E-state index in [0.717, 1.165) is 57.4 Å². The number of nitrogens with zero attached hydrogens (tertiary/aromatic N) is 2. The monoisotopic (exact) mass is 442 g/mol. The molecule has 0 radical (unpaired) electrons. The molecule has 1 spiro atoms. The second-order valence-corrected chi connectivity index (χ2v) is 11.0. The molecule has 0 N–H and O–H groups in total. The van der Waals surface area contributed by atoms with E-state index < -0.39 is 5.60 Å². The normalized spacial score (nSPS) is 22.4. The van der Waals surface area contributed by atoms with Crippen LogP contribution in [-0.2, 0) is 20.9 Å². The van der Waals surface area contributed by atoms with Crippen molar-refractivity contribution in [2.24, 2.45) is 11.3 Å². The summed E-state index contributed by atoms with van der Waals surface area (Å²) in [6.45, 7) is 9.24. The molecule has 1 atom stereocenters. The largest absolute Gasteiger partial charge is 0.460 e. The van der Waals surface area contributed by atoms with Crippen LogP contribution in [0.4, 0.5) is 4.79 Å². The smallest absolute Gasteiger partial charge is 0.410 e. The lowest BCUT2D eigenvalue weighted by Gasteiger charge is -2.55. The number of benzene rings is 1. The van der Waals surface area contributed by atoms with Crippen molar-refractivity contribution in [3.8, 4) is 0 Å². The van der Waals surface area contributed by atoms with Gasteiger partial charge < -0.3 is 14.4 Å². The fourth-order valence-corrected chi connectivity index (χ4v) is 5.69. The Morgan fingerprint density at radius 3 is 2.41 bits per heavy atom. The molecule has 1 amide bonds. The van der Waals surface area contributed by atoms with Crippen LogP contribution in [0.2, 0.25) is 0 Å². The van der Waals surface area contributed by atoms with Crippen molar-refractivity contribution in [3.63, 3.8) is 0 Å². The molecular formula is C26H38N2O4. The first-order chi connectivity index (χ1) is 15.2. The van der Waals surface area contributed by atoms with Gasteiger partial charge in [-0.15, -0.1) is 0 Å². The molecular weight excluding hydrogens is 404 g/mol. The van der Waals surface area contributed by atoms with Gasteiger partial charge in [-0.1, -0.05) is 43.2 Å². The zero-order valence-corrected chi connectivity index (χ0v) is 19.8. The van der Waals surface area contributed by atoms with E-state index in [1.54, 1.807) is 0 Å². The minimum Gasteiger partial charge on any atom is -0.460 e. The SMILES string of the molecule is CC(C)(C)OC(=O)N1CC2(CCCN([C@H](C(=O)OCc3ccccc3)C3CCCC3)C2)C1. The topological polar surface area (TPSA) is 59.1 Å². The van der Waals surface area contributed by atoms with Gasteiger partial charge in [0.05, 0.1) is 0 Å². The van der Waals surface area contributed by atoms with Crippen LogP contribution < -0.4 is 0 Å². The Balaban J connectivity index is 1.39. The second-order valence-electron chi connectivity index (χ2n) is 11.0. The summed E-state index contributed by atoms with van der Waals surface area (Å²) in [6.07, 6.45) is 6.50. The molecule has 0 unspecified atom stereocenters.